The number of hydrogen-bond donors (Lipinski definition) is 1. The Bertz CT molecular complexity index is 891. The van der Waals surface area contributed by atoms with Crippen molar-refractivity contribution in [1.29, 1.82) is 0 Å². The topological polar surface area (TPSA) is 85.5 Å². The molecule has 0 spiro atoms. The largest absolute Gasteiger partial charge is 0.497 e. The van der Waals surface area contributed by atoms with Gasteiger partial charge in [0.1, 0.15) is 12.1 Å². The van der Waals surface area contributed by atoms with Gasteiger partial charge in [-0.2, -0.15) is 0 Å². The third-order valence-corrected chi connectivity index (χ3v) is 4.54. The van der Waals surface area contributed by atoms with Gasteiger partial charge in [-0.3, -0.25) is 0 Å². The van der Waals surface area contributed by atoms with Crippen molar-refractivity contribution in [3.05, 3.63) is 42.5 Å². The number of benzene rings is 1. The van der Waals surface area contributed by atoms with Crippen molar-refractivity contribution < 1.29 is 14.6 Å². The average Bonchev–Trinajstić information content (AvgIpc) is 3.11. The number of rotatable bonds is 5. The molecule has 3 aromatic rings. The highest BCUT2D eigenvalue weighted by molar-refractivity contribution is 5.83. The first-order valence-corrected chi connectivity index (χ1v) is 8.57. The minimum atomic E-state index is -0.690. The van der Waals surface area contributed by atoms with Crippen molar-refractivity contribution in [1.82, 2.24) is 19.5 Å². The summed E-state index contributed by atoms with van der Waals surface area (Å²) in [5.74, 6) is 1.53. The second kappa shape index (κ2) is 7.27. The van der Waals surface area contributed by atoms with Gasteiger partial charge >= 0.3 is 0 Å². The number of anilines is 1. The van der Waals surface area contributed by atoms with Crippen LogP contribution in [-0.4, -0.2) is 58.0 Å². The SMILES string of the molecule is COc1cccc([C@@H](O)Cn2cnc3c(N4CCOCC4)ncnc32)c1. The number of aliphatic hydroxyl groups is 1. The molecule has 1 atom stereocenters. The average molecular weight is 355 g/mol. The van der Waals surface area contributed by atoms with Crippen LogP contribution in [-0.2, 0) is 11.3 Å². The summed E-state index contributed by atoms with van der Waals surface area (Å²) in [5.41, 5.74) is 2.24. The molecule has 1 fully saturated rings. The summed E-state index contributed by atoms with van der Waals surface area (Å²) in [6.07, 6.45) is 2.56. The van der Waals surface area contributed by atoms with Crippen molar-refractivity contribution in [3.8, 4) is 5.75 Å². The van der Waals surface area contributed by atoms with Crippen molar-refractivity contribution in [2.45, 2.75) is 12.6 Å². The van der Waals surface area contributed by atoms with E-state index in [4.69, 9.17) is 9.47 Å². The van der Waals surface area contributed by atoms with Gasteiger partial charge in [-0.1, -0.05) is 12.1 Å². The zero-order chi connectivity index (χ0) is 17.9. The molecule has 0 aliphatic carbocycles. The van der Waals surface area contributed by atoms with E-state index >= 15 is 0 Å². The number of aliphatic hydroxyl groups excluding tert-OH is 1. The molecular weight excluding hydrogens is 334 g/mol. The lowest BCUT2D eigenvalue weighted by molar-refractivity contribution is 0.122. The molecule has 0 amide bonds. The standard InChI is InChI=1S/C18H21N5O3/c1-25-14-4-2-3-13(9-14)15(24)10-23-12-21-16-17(19-11-20-18(16)23)22-5-7-26-8-6-22/h2-4,9,11-12,15,24H,5-8,10H2,1H3/t15-/m0/s1. The molecule has 0 radical (unpaired) electrons. The molecule has 26 heavy (non-hydrogen) atoms. The highest BCUT2D eigenvalue weighted by atomic mass is 16.5. The third-order valence-electron chi connectivity index (χ3n) is 4.54. The fourth-order valence-corrected chi connectivity index (χ4v) is 3.15. The van der Waals surface area contributed by atoms with Gasteiger partial charge in [0.2, 0.25) is 0 Å². The van der Waals surface area contributed by atoms with E-state index in [-0.39, 0.29) is 0 Å². The van der Waals surface area contributed by atoms with Crippen LogP contribution in [0.25, 0.3) is 11.2 Å². The third kappa shape index (κ3) is 3.21. The number of aromatic nitrogens is 4. The molecular formula is C18H21N5O3. The number of methoxy groups -OCH3 is 1. The van der Waals surface area contributed by atoms with Crippen molar-refractivity contribution in [2.24, 2.45) is 0 Å². The first-order valence-electron chi connectivity index (χ1n) is 8.57. The van der Waals surface area contributed by atoms with Crippen molar-refractivity contribution >= 4 is 17.0 Å². The Kier molecular flexibility index (Phi) is 4.68. The maximum absolute atomic E-state index is 10.6. The van der Waals surface area contributed by atoms with Crippen LogP contribution in [0.5, 0.6) is 5.75 Å². The maximum Gasteiger partial charge on any atom is 0.165 e. The van der Waals surface area contributed by atoms with Gasteiger partial charge in [-0.05, 0) is 17.7 Å². The second-order valence-electron chi connectivity index (χ2n) is 6.16. The summed E-state index contributed by atoms with van der Waals surface area (Å²) in [4.78, 5) is 15.4. The van der Waals surface area contributed by atoms with Gasteiger partial charge in [-0.25, -0.2) is 15.0 Å². The predicted molar refractivity (Wildman–Crippen MR) is 96.3 cm³/mol. The molecule has 3 heterocycles. The van der Waals surface area contributed by atoms with E-state index in [1.54, 1.807) is 19.8 Å². The van der Waals surface area contributed by atoms with Crippen LogP contribution in [0.2, 0.25) is 0 Å². The Balaban J connectivity index is 1.61. The van der Waals surface area contributed by atoms with E-state index in [1.807, 2.05) is 28.8 Å². The second-order valence-corrected chi connectivity index (χ2v) is 6.16. The van der Waals surface area contributed by atoms with Crippen LogP contribution in [0, 0.1) is 0 Å². The molecule has 4 rings (SSSR count). The van der Waals surface area contributed by atoms with Gasteiger partial charge in [0.25, 0.3) is 0 Å². The minimum absolute atomic E-state index is 0.350. The molecule has 1 N–H and O–H groups in total. The normalized spacial score (nSPS) is 16.0. The Morgan fingerprint density at radius 3 is 2.88 bits per heavy atom. The molecule has 0 bridgehead atoms. The summed E-state index contributed by atoms with van der Waals surface area (Å²) < 4.78 is 12.5. The lowest BCUT2D eigenvalue weighted by atomic mass is 10.1. The van der Waals surface area contributed by atoms with Gasteiger partial charge in [0, 0.05) is 13.1 Å². The number of morpholine rings is 1. The van der Waals surface area contributed by atoms with Crippen LogP contribution in [0.1, 0.15) is 11.7 Å². The van der Waals surface area contributed by atoms with E-state index in [9.17, 15) is 5.11 Å². The zero-order valence-corrected chi connectivity index (χ0v) is 14.6. The fraction of sp³-hybridized carbons (Fsp3) is 0.389. The highest BCUT2D eigenvalue weighted by Crippen LogP contribution is 2.25. The van der Waals surface area contributed by atoms with Crippen molar-refractivity contribution in [2.75, 3.05) is 38.3 Å². The molecule has 1 saturated heterocycles. The molecule has 8 heteroatoms. The van der Waals surface area contributed by atoms with Gasteiger partial charge in [0.05, 0.1) is 39.3 Å². The van der Waals surface area contributed by atoms with Gasteiger partial charge in [0.15, 0.2) is 17.0 Å². The molecule has 136 valence electrons. The predicted octanol–water partition coefficient (Wildman–Crippen LogP) is 1.41. The Hall–Kier alpha value is -2.71. The van der Waals surface area contributed by atoms with Crippen LogP contribution < -0.4 is 9.64 Å². The lowest BCUT2D eigenvalue weighted by Gasteiger charge is -2.27. The quantitative estimate of drug-likeness (QED) is 0.740. The number of nitrogens with zero attached hydrogens (tertiary/aromatic N) is 5. The molecule has 2 aromatic heterocycles. The van der Waals surface area contributed by atoms with Crippen LogP contribution in [0.15, 0.2) is 36.9 Å². The number of hydrogen-bond acceptors (Lipinski definition) is 7. The lowest BCUT2D eigenvalue weighted by Crippen LogP contribution is -2.37. The minimum Gasteiger partial charge on any atom is -0.497 e. The van der Waals surface area contributed by atoms with E-state index < -0.39 is 6.10 Å². The summed E-state index contributed by atoms with van der Waals surface area (Å²) in [7, 11) is 1.61. The molecule has 1 aliphatic rings. The molecule has 1 aromatic carbocycles. The van der Waals surface area contributed by atoms with E-state index in [1.165, 1.54) is 0 Å². The summed E-state index contributed by atoms with van der Waals surface area (Å²) >= 11 is 0. The van der Waals surface area contributed by atoms with E-state index in [0.29, 0.717) is 31.2 Å². The van der Waals surface area contributed by atoms with Gasteiger partial charge in [-0.15, -0.1) is 0 Å². The van der Waals surface area contributed by atoms with Crippen molar-refractivity contribution in [3.63, 3.8) is 0 Å². The van der Waals surface area contributed by atoms with E-state index in [2.05, 4.69) is 19.9 Å². The maximum atomic E-state index is 10.6. The first kappa shape index (κ1) is 16.7. The Morgan fingerprint density at radius 2 is 2.08 bits per heavy atom. The molecule has 0 unspecified atom stereocenters. The highest BCUT2D eigenvalue weighted by Gasteiger charge is 2.19. The fourth-order valence-electron chi connectivity index (χ4n) is 3.15. The Morgan fingerprint density at radius 1 is 1.23 bits per heavy atom. The summed E-state index contributed by atoms with van der Waals surface area (Å²) in [6.45, 7) is 3.28. The Labute approximate surface area is 151 Å². The van der Waals surface area contributed by atoms with E-state index in [0.717, 1.165) is 30.0 Å². The molecule has 0 saturated carbocycles. The number of fused-ring (bicyclic) bond motifs is 1. The van der Waals surface area contributed by atoms with Crippen LogP contribution in [0.4, 0.5) is 5.82 Å². The summed E-state index contributed by atoms with van der Waals surface area (Å²) in [5, 5.41) is 10.6. The van der Waals surface area contributed by atoms with Crippen LogP contribution >= 0.6 is 0 Å². The molecule has 8 nitrogen and oxygen atoms in total. The zero-order valence-electron chi connectivity index (χ0n) is 14.6. The molecule has 1 aliphatic heterocycles. The smallest absolute Gasteiger partial charge is 0.165 e. The van der Waals surface area contributed by atoms with Gasteiger partial charge < -0.3 is 24.0 Å². The number of imidazole rings is 1. The number of ether oxygens (including phenoxy) is 2. The first-order chi connectivity index (χ1) is 12.8. The van der Waals surface area contributed by atoms with Crippen LogP contribution in [0.3, 0.4) is 0 Å². The summed E-state index contributed by atoms with van der Waals surface area (Å²) in [6, 6.07) is 7.42. The monoisotopic (exact) mass is 355 g/mol.